The van der Waals surface area contributed by atoms with E-state index in [4.69, 9.17) is 5.14 Å². The van der Waals surface area contributed by atoms with Crippen molar-refractivity contribution in [2.24, 2.45) is 5.14 Å². The molecule has 17 heavy (non-hydrogen) atoms. The van der Waals surface area contributed by atoms with Crippen molar-refractivity contribution in [2.75, 3.05) is 14.1 Å². The molecule has 1 atom stereocenters. The highest BCUT2D eigenvalue weighted by atomic mass is 32.2. The fraction of sp³-hybridized carbons (Fsp3) is 0.700. The lowest BCUT2D eigenvalue weighted by molar-refractivity contribution is 0.303. The summed E-state index contributed by atoms with van der Waals surface area (Å²) in [6.07, 6.45) is 2.11. The van der Waals surface area contributed by atoms with Gasteiger partial charge >= 0.3 is 0 Å². The van der Waals surface area contributed by atoms with Gasteiger partial charge in [0.25, 0.3) is 10.0 Å². The van der Waals surface area contributed by atoms with E-state index in [-0.39, 0.29) is 11.1 Å². The van der Waals surface area contributed by atoms with Crippen LogP contribution in [0.15, 0.2) is 11.1 Å². The maximum atomic E-state index is 11.3. The number of rotatable bonds is 4. The van der Waals surface area contributed by atoms with E-state index in [1.165, 1.54) is 0 Å². The van der Waals surface area contributed by atoms with Crippen LogP contribution in [0.3, 0.4) is 0 Å². The molecular formula is C10H18N4O2S. The van der Waals surface area contributed by atoms with Crippen molar-refractivity contribution in [2.45, 2.75) is 36.9 Å². The van der Waals surface area contributed by atoms with Crippen LogP contribution in [-0.4, -0.2) is 37.2 Å². The predicted molar refractivity (Wildman–Crippen MR) is 64.0 cm³/mol. The molecule has 1 aromatic heterocycles. The first-order chi connectivity index (χ1) is 7.80. The Balaban J connectivity index is 2.46. The lowest BCUT2D eigenvalue weighted by Gasteiger charge is -2.20. The van der Waals surface area contributed by atoms with Crippen LogP contribution < -0.4 is 5.14 Å². The third-order valence-corrected chi connectivity index (χ3v) is 3.91. The smallest absolute Gasteiger partial charge is 0.257 e. The minimum Gasteiger partial charge on any atom is -0.301 e. The second-order valence-corrected chi connectivity index (χ2v) is 6.28. The minimum atomic E-state index is -3.72. The highest BCUT2D eigenvalue weighted by Crippen LogP contribution is 2.37. The zero-order chi connectivity index (χ0) is 12.8. The van der Waals surface area contributed by atoms with Crippen LogP contribution in [0.4, 0.5) is 0 Å². The molecule has 0 amide bonds. The van der Waals surface area contributed by atoms with Gasteiger partial charge in [-0.3, -0.25) is 4.68 Å². The zero-order valence-corrected chi connectivity index (χ0v) is 11.1. The zero-order valence-electron chi connectivity index (χ0n) is 10.3. The van der Waals surface area contributed by atoms with Crippen molar-refractivity contribution < 1.29 is 8.42 Å². The van der Waals surface area contributed by atoms with E-state index >= 15 is 0 Å². The summed E-state index contributed by atoms with van der Waals surface area (Å²) in [6, 6.07) is 2.03. The van der Waals surface area contributed by atoms with Gasteiger partial charge in [0.1, 0.15) is 0 Å². The third kappa shape index (κ3) is 2.51. The summed E-state index contributed by atoms with van der Waals surface area (Å²) >= 11 is 0. The maximum Gasteiger partial charge on any atom is 0.257 e. The molecule has 1 aromatic rings. The summed E-state index contributed by atoms with van der Waals surface area (Å²) in [5, 5.41) is 9.21. The molecule has 1 fully saturated rings. The Morgan fingerprint density at radius 2 is 2.12 bits per heavy atom. The Bertz CT molecular complexity index is 516. The molecule has 2 rings (SSSR count). The molecule has 1 unspecified atom stereocenters. The number of hydrogen-bond acceptors (Lipinski definition) is 4. The number of sulfonamides is 1. The van der Waals surface area contributed by atoms with E-state index in [2.05, 4.69) is 5.10 Å². The van der Waals surface area contributed by atoms with Crippen LogP contribution >= 0.6 is 0 Å². The topological polar surface area (TPSA) is 81.2 Å². The molecule has 0 aliphatic heterocycles. The second kappa shape index (κ2) is 4.08. The molecule has 6 nitrogen and oxygen atoms in total. The van der Waals surface area contributed by atoms with E-state index in [0.29, 0.717) is 6.04 Å². The monoisotopic (exact) mass is 258 g/mol. The van der Waals surface area contributed by atoms with E-state index in [1.54, 1.807) is 6.07 Å². The van der Waals surface area contributed by atoms with Gasteiger partial charge in [0.15, 0.2) is 5.03 Å². The van der Waals surface area contributed by atoms with Gasteiger partial charge < -0.3 is 4.90 Å². The van der Waals surface area contributed by atoms with E-state index in [0.717, 1.165) is 18.5 Å². The Morgan fingerprint density at radius 3 is 2.53 bits per heavy atom. The molecule has 0 saturated heterocycles. The number of primary sulfonamides is 1. The van der Waals surface area contributed by atoms with Gasteiger partial charge in [0.05, 0.1) is 11.7 Å². The molecule has 96 valence electrons. The van der Waals surface area contributed by atoms with Gasteiger partial charge in [-0.25, -0.2) is 13.6 Å². The van der Waals surface area contributed by atoms with E-state index in [1.807, 2.05) is 30.6 Å². The van der Waals surface area contributed by atoms with Crippen molar-refractivity contribution in [1.29, 1.82) is 0 Å². The maximum absolute atomic E-state index is 11.3. The molecule has 1 aliphatic rings. The first-order valence-electron chi connectivity index (χ1n) is 5.59. The second-order valence-electron chi connectivity index (χ2n) is 4.77. The SMILES string of the molecule is CC(c1cc(S(N)(=O)=O)nn1C1CC1)N(C)C. The quantitative estimate of drug-likeness (QED) is 0.852. The fourth-order valence-electron chi connectivity index (χ4n) is 1.71. The molecule has 1 heterocycles. The molecule has 1 saturated carbocycles. The Morgan fingerprint density at radius 1 is 1.53 bits per heavy atom. The van der Waals surface area contributed by atoms with Crippen LogP contribution in [-0.2, 0) is 10.0 Å². The largest absolute Gasteiger partial charge is 0.301 e. The lowest BCUT2D eigenvalue weighted by atomic mass is 10.2. The van der Waals surface area contributed by atoms with Gasteiger partial charge in [-0.05, 0) is 33.9 Å². The molecule has 7 heteroatoms. The average Bonchev–Trinajstić information content (AvgIpc) is 2.94. The van der Waals surface area contributed by atoms with Crippen LogP contribution in [0.25, 0.3) is 0 Å². The van der Waals surface area contributed by atoms with Crippen LogP contribution in [0.5, 0.6) is 0 Å². The van der Waals surface area contributed by atoms with Crippen LogP contribution in [0.2, 0.25) is 0 Å². The number of hydrogen-bond donors (Lipinski definition) is 1. The third-order valence-electron chi connectivity index (χ3n) is 3.13. The standard InChI is InChI=1S/C10H18N4O2S/c1-7(13(2)3)9-6-10(17(11,15)16)12-14(9)8-4-5-8/h6-8H,4-5H2,1-3H3,(H2,11,15,16). The first kappa shape index (κ1) is 12.5. The van der Waals surface area contributed by atoms with E-state index < -0.39 is 10.0 Å². The highest BCUT2D eigenvalue weighted by Gasteiger charge is 2.31. The van der Waals surface area contributed by atoms with Gasteiger partial charge in [-0.1, -0.05) is 0 Å². The van der Waals surface area contributed by atoms with Gasteiger partial charge in [0.2, 0.25) is 0 Å². The van der Waals surface area contributed by atoms with Crippen molar-refractivity contribution in [3.05, 3.63) is 11.8 Å². The summed E-state index contributed by atoms with van der Waals surface area (Å²) in [5.74, 6) is 0. The highest BCUT2D eigenvalue weighted by molar-refractivity contribution is 7.89. The number of aromatic nitrogens is 2. The normalized spacial score (nSPS) is 18.6. The Hall–Kier alpha value is -0.920. The molecule has 1 aliphatic carbocycles. The van der Waals surface area contributed by atoms with Crippen molar-refractivity contribution in [3.63, 3.8) is 0 Å². The van der Waals surface area contributed by atoms with Crippen molar-refractivity contribution in [1.82, 2.24) is 14.7 Å². The summed E-state index contributed by atoms with van der Waals surface area (Å²) in [5.41, 5.74) is 0.904. The first-order valence-corrected chi connectivity index (χ1v) is 7.14. The van der Waals surface area contributed by atoms with Crippen molar-refractivity contribution >= 4 is 10.0 Å². The fourth-order valence-corrected chi connectivity index (χ4v) is 2.20. The Kier molecular flexibility index (Phi) is 3.01. The molecule has 2 N–H and O–H groups in total. The predicted octanol–water partition coefficient (Wildman–Crippen LogP) is 0.488. The summed E-state index contributed by atoms with van der Waals surface area (Å²) in [6.45, 7) is 2.02. The summed E-state index contributed by atoms with van der Waals surface area (Å²) < 4.78 is 24.5. The van der Waals surface area contributed by atoms with Gasteiger partial charge in [0, 0.05) is 12.1 Å². The number of nitrogens with zero attached hydrogens (tertiary/aromatic N) is 3. The minimum absolute atomic E-state index is 0.0342. The Labute approximate surface area is 101 Å². The molecule has 0 radical (unpaired) electrons. The molecule has 0 spiro atoms. The summed E-state index contributed by atoms with van der Waals surface area (Å²) in [7, 11) is 0.180. The van der Waals surface area contributed by atoms with Crippen LogP contribution in [0.1, 0.15) is 37.5 Å². The summed E-state index contributed by atoms with van der Waals surface area (Å²) in [4.78, 5) is 2.02. The van der Waals surface area contributed by atoms with Gasteiger partial charge in [-0.15, -0.1) is 0 Å². The molecule has 0 aromatic carbocycles. The van der Waals surface area contributed by atoms with Gasteiger partial charge in [-0.2, -0.15) is 5.10 Å². The molecular weight excluding hydrogens is 240 g/mol. The molecule has 0 bridgehead atoms. The van der Waals surface area contributed by atoms with E-state index in [9.17, 15) is 8.42 Å². The average molecular weight is 258 g/mol. The lowest BCUT2D eigenvalue weighted by Crippen LogP contribution is -2.20. The van der Waals surface area contributed by atoms with Crippen LogP contribution in [0, 0.1) is 0 Å². The number of nitrogens with two attached hydrogens (primary N) is 1. The van der Waals surface area contributed by atoms with Crippen molar-refractivity contribution in [3.8, 4) is 0 Å².